The van der Waals surface area contributed by atoms with Crippen LogP contribution in [0.4, 0.5) is 11.6 Å². The molecule has 0 saturated carbocycles. The first-order valence-corrected chi connectivity index (χ1v) is 7.68. The molecule has 1 aromatic heterocycles. The first-order chi connectivity index (χ1) is 11.1. The van der Waals surface area contributed by atoms with Crippen LogP contribution in [0.15, 0.2) is 30.5 Å². The van der Waals surface area contributed by atoms with Crippen LogP contribution in [-0.4, -0.2) is 42.2 Å². The molecule has 0 radical (unpaired) electrons. The number of anilines is 2. The molecular formula is C17H20N4O2. The van der Waals surface area contributed by atoms with Crippen molar-refractivity contribution in [1.82, 2.24) is 9.97 Å². The summed E-state index contributed by atoms with van der Waals surface area (Å²) >= 11 is 0. The molecule has 1 aliphatic heterocycles. The number of morpholine rings is 1. The number of carbonyl (C=O) groups is 1. The predicted molar refractivity (Wildman–Crippen MR) is 88.9 cm³/mol. The van der Waals surface area contributed by atoms with Crippen LogP contribution in [0.3, 0.4) is 0 Å². The summed E-state index contributed by atoms with van der Waals surface area (Å²) in [5, 5.41) is 2.89. The van der Waals surface area contributed by atoms with Crippen LogP contribution in [0.2, 0.25) is 0 Å². The minimum absolute atomic E-state index is 0.193. The van der Waals surface area contributed by atoms with Crippen molar-refractivity contribution in [3.8, 4) is 0 Å². The number of aromatic nitrogens is 2. The minimum atomic E-state index is -0.193. The second kappa shape index (κ2) is 6.75. The molecule has 1 N–H and O–H groups in total. The maximum Gasteiger partial charge on any atom is 0.259 e. The van der Waals surface area contributed by atoms with E-state index in [-0.39, 0.29) is 5.91 Å². The van der Waals surface area contributed by atoms with Gasteiger partial charge < -0.3 is 15.0 Å². The second-order valence-corrected chi connectivity index (χ2v) is 5.59. The molecule has 1 aliphatic rings. The van der Waals surface area contributed by atoms with E-state index in [1.54, 1.807) is 6.20 Å². The summed E-state index contributed by atoms with van der Waals surface area (Å²) in [6.45, 7) is 6.72. The molecule has 1 saturated heterocycles. The van der Waals surface area contributed by atoms with E-state index < -0.39 is 0 Å². The number of rotatable bonds is 3. The molecule has 6 heteroatoms. The lowest BCUT2D eigenvalue weighted by atomic mass is 10.2. The number of aryl methyl sites for hydroxylation is 2. The summed E-state index contributed by atoms with van der Waals surface area (Å²) in [6, 6.07) is 7.69. The molecule has 0 spiro atoms. The van der Waals surface area contributed by atoms with Gasteiger partial charge in [-0.05, 0) is 31.5 Å². The fraction of sp³-hybridized carbons (Fsp3) is 0.353. The van der Waals surface area contributed by atoms with Crippen LogP contribution >= 0.6 is 0 Å². The Morgan fingerprint density at radius 1 is 1.26 bits per heavy atom. The molecule has 0 aliphatic carbocycles. The van der Waals surface area contributed by atoms with E-state index in [1.807, 2.05) is 38.1 Å². The van der Waals surface area contributed by atoms with Gasteiger partial charge in [0.05, 0.1) is 24.5 Å². The van der Waals surface area contributed by atoms with Gasteiger partial charge >= 0.3 is 0 Å². The number of amides is 1. The third-order valence-electron chi connectivity index (χ3n) is 3.78. The molecule has 3 rings (SSSR count). The summed E-state index contributed by atoms with van der Waals surface area (Å²) in [7, 11) is 0. The van der Waals surface area contributed by atoms with Crippen LogP contribution in [0.1, 0.15) is 21.6 Å². The molecule has 120 valence electrons. The Bertz CT molecular complexity index is 711. The lowest BCUT2D eigenvalue weighted by Crippen LogP contribution is -2.37. The quantitative estimate of drug-likeness (QED) is 0.941. The molecule has 6 nitrogen and oxygen atoms in total. The second-order valence-electron chi connectivity index (χ2n) is 5.59. The van der Waals surface area contributed by atoms with Crippen LogP contribution in [0.5, 0.6) is 0 Å². The Morgan fingerprint density at radius 3 is 2.74 bits per heavy atom. The molecule has 0 bridgehead atoms. The summed E-state index contributed by atoms with van der Waals surface area (Å²) in [5.41, 5.74) is 3.03. The molecule has 2 heterocycles. The van der Waals surface area contributed by atoms with E-state index in [4.69, 9.17) is 4.74 Å². The predicted octanol–water partition coefficient (Wildman–Crippen LogP) is 2.18. The third kappa shape index (κ3) is 3.65. The van der Waals surface area contributed by atoms with E-state index in [0.717, 1.165) is 24.3 Å². The Balaban J connectivity index is 1.75. The number of carbonyl (C=O) groups excluding carboxylic acids is 1. The van der Waals surface area contributed by atoms with Crippen molar-refractivity contribution in [1.29, 1.82) is 0 Å². The van der Waals surface area contributed by atoms with Gasteiger partial charge in [-0.25, -0.2) is 9.97 Å². The standard InChI is InChI=1S/C17H20N4O2/c1-12-4-3-5-14(10-12)20-16(22)15-11-18-17(19-13(15)2)21-6-8-23-9-7-21/h3-5,10-11H,6-9H2,1-2H3,(H,20,22). The monoisotopic (exact) mass is 312 g/mol. The highest BCUT2D eigenvalue weighted by molar-refractivity contribution is 6.04. The number of hydrogen-bond donors (Lipinski definition) is 1. The minimum Gasteiger partial charge on any atom is -0.378 e. The fourth-order valence-corrected chi connectivity index (χ4v) is 2.51. The van der Waals surface area contributed by atoms with Crippen molar-refractivity contribution >= 4 is 17.5 Å². The van der Waals surface area contributed by atoms with Gasteiger partial charge in [-0.3, -0.25) is 4.79 Å². The van der Waals surface area contributed by atoms with Crippen molar-refractivity contribution in [3.63, 3.8) is 0 Å². The van der Waals surface area contributed by atoms with Gasteiger partial charge in [0.1, 0.15) is 0 Å². The van der Waals surface area contributed by atoms with Gasteiger partial charge in [-0.1, -0.05) is 12.1 Å². The lowest BCUT2D eigenvalue weighted by Gasteiger charge is -2.27. The molecule has 1 fully saturated rings. The van der Waals surface area contributed by atoms with Crippen molar-refractivity contribution in [2.75, 3.05) is 36.5 Å². The average molecular weight is 312 g/mol. The van der Waals surface area contributed by atoms with Crippen molar-refractivity contribution < 1.29 is 9.53 Å². The highest BCUT2D eigenvalue weighted by Gasteiger charge is 2.17. The smallest absolute Gasteiger partial charge is 0.259 e. The summed E-state index contributed by atoms with van der Waals surface area (Å²) in [4.78, 5) is 23.3. The van der Waals surface area contributed by atoms with Crippen LogP contribution in [0.25, 0.3) is 0 Å². The van der Waals surface area contributed by atoms with E-state index in [0.29, 0.717) is 30.4 Å². The van der Waals surface area contributed by atoms with Crippen molar-refractivity contribution in [2.45, 2.75) is 13.8 Å². The van der Waals surface area contributed by atoms with Gasteiger partial charge in [0.15, 0.2) is 0 Å². The molecule has 23 heavy (non-hydrogen) atoms. The number of nitrogens with one attached hydrogen (secondary N) is 1. The van der Waals surface area contributed by atoms with Gasteiger partial charge in [-0.15, -0.1) is 0 Å². The molecule has 1 aromatic carbocycles. The van der Waals surface area contributed by atoms with Crippen molar-refractivity contribution in [3.05, 3.63) is 47.3 Å². The maximum atomic E-state index is 12.4. The topological polar surface area (TPSA) is 67.4 Å². The van der Waals surface area contributed by atoms with E-state index >= 15 is 0 Å². The molecular weight excluding hydrogens is 292 g/mol. The Morgan fingerprint density at radius 2 is 2.04 bits per heavy atom. The lowest BCUT2D eigenvalue weighted by molar-refractivity contribution is 0.102. The van der Waals surface area contributed by atoms with Crippen molar-refractivity contribution in [2.24, 2.45) is 0 Å². The number of nitrogens with zero attached hydrogens (tertiary/aromatic N) is 3. The Labute approximate surface area is 135 Å². The summed E-state index contributed by atoms with van der Waals surface area (Å²) in [5.74, 6) is 0.458. The Hall–Kier alpha value is -2.47. The van der Waals surface area contributed by atoms with E-state index in [1.165, 1.54) is 0 Å². The first kappa shape index (κ1) is 15.4. The summed E-state index contributed by atoms with van der Waals surface area (Å²) in [6.07, 6.45) is 1.60. The third-order valence-corrected chi connectivity index (χ3v) is 3.78. The Kier molecular flexibility index (Phi) is 4.52. The zero-order valence-electron chi connectivity index (χ0n) is 13.4. The van der Waals surface area contributed by atoms with Crippen LogP contribution < -0.4 is 10.2 Å². The van der Waals surface area contributed by atoms with Crippen LogP contribution in [0, 0.1) is 13.8 Å². The number of hydrogen-bond acceptors (Lipinski definition) is 5. The zero-order chi connectivity index (χ0) is 16.2. The largest absolute Gasteiger partial charge is 0.378 e. The SMILES string of the molecule is Cc1cccc(NC(=O)c2cnc(N3CCOCC3)nc2C)c1. The fourth-order valence-electron chi connectivity index (χ4n) is 2.51. The zero-order valence-corrected chi connectivity index (χ0v) is 13.4. The molecule has 1 amide bonds. The normalized spacial score (nSPS) is 14.6. The van der Waals surface area contributed by atoms with Gasteiger partial charge in [0, 0.05) is 25.0 Å². The molecule has 2 aromatic rings. The van der Waals surface area contributed by atoms with Gasteiger partial charge in [-0.2, -0.15) is 0 Å². The van der Waals surface area contributed by atoms with Gasteiger partial charge in [0.25, 0.3) is 5.91 Å². The van der Waals surface area contributed by atoms with Crippen LogP contribution in [-0.2, 0) is 4.74 Å². The number of benzene rings is 1. The number of ether oxygens (including phenoxy) is 1. The van der Waals surface area contributed by atoms with E-state index in [2.05, 4.69) is 20.2 Å². The highest BCUT2D eigenvalue weighted by atomic mass is 16.5. The van der Waals surface area contributed by atoms with Gasteiger partial charge in [0.2, 0.25) is 5.95 Å². The maximum absolute atomic E-state index is 12.4. The molecule has 0 unspecified atom stereocenters. The highest BCUT2D eigenvalue weighted by Crippen LogP contribution is 2.15. The summed E-state index contributed by atoms with van der Waals surface area (Å²) < 4.78 is 5.33. The average Bonchev–Trinajstić information content (AvgIpc) is 2.55. The first-order valence-electron chi connectivity index (χ1n) is 7.68. The van der Waals surface area contributed by atoms with E-state index in [9.17, 15) is 4.79 Å². The molecule has 0 atom stereocenters.